The van der Waals surface area contributed by atoms with Crippen LogP contribution in [0.15, 0.2) is 121 Å². The Morgan fingerprint density at radius 1 is 0.402 bits per heavy atom. The van der Waals surface area contributed by atoms with Gasteiger partial charge in [0.2, 0.25) is 33.3 Å². The molecule has 0 radical (unpaired) electrons. The first-order valence-electron chi connectivity index (χ1n) is 40.8. The van der Waals surface area contributed by atoms with E-state index < -0.39 is 134 Å². The van der Waals surface area contributed by atoms with Gasteiger partial charge in [-0.2, -0.15) is 0 Å². The highest BCUT2D eigenvalue weighted by molar-refractivity contribution is 6.93. The fourth-order valence-electron chi connectivity index (χ4n) is 14.7. The number of ether oxygens (including phenoxy) is 1. The Labute approximate surface area is 680 Å². The van der Waals surface area contributed by atoms with Crippen molar-refractivity contribution in [1.29, 1.82) is 0 Å². The predicted molar refractivity (Wildman–Crippen MR) is 464 cm³/mol. The highest BCUT2D eigenvalue weighted by Crippen LogP contribution is 2.38. The van der Waals surface area contributed by atoms with E-state index in [1.165, 1.54) is 22.5 Å². The molecule has 0 bridgehead atoms. The second kappa shape index (κ2) is 51.3. The molecule has 4 aromatic rings. The topological polar surface area (TPSA) is 366 Å². The lowest BCUT2D eigenvalue weighted by molar-refractivity contribution is -0.102. The molecule has 0 spiro atoms. The van der Waals surface area contributed by atoms with E-state index in [0.29, 0.717) is 81.5 Å². The van der Waals surface area contributed by atoms with E-state index in [1.54, 1.807) is 49.2 Å². The Bertz CT molecular complexity index is 3020. The summed E-state index contributed by atoms with van der Waals surface area (Å²) in [4.78, 5) is 0. The minimum absolute atomic E-state index is 0.0247. The third-order valence-corrected chi connectivity index (χ3v) is 54.9. The molecule has 0 heterocycles. The fourth-order valence-corrected chi connectivity index (χ4v) is 48.0. The molecule has 6 rings (SSSR count). The van der Waals surface area contributed by atoms with Crippen LogP contribution in [0.4, 0.5) is 0 Å². The van der Waals surface area contributed by atoms with Gasteiger partial charge in [0.25, 0.3) is 0 Å². The van der Waals surface area contributed by atoms with Crippen molar-refractivity contribution < 1.29 is 110 Å². The van der Waals surface area contributed by atoms with Crippen LogP contribution >= 0.6 is 0 Å². The summed E-state index contributed by atoms with van der Waals surface area (Å²) in [7, 11) is -12.4. The summed E-state index contributed by atoms with van der Waals surface area (Å²) in [6.07, 6.45) is 4.48. The standard InChI is InChI=1S/C25H44O6Si2.C23H44O6Si2.C19H36O6Si2.C14H26O5Si2/c1-30-33(15-13-19-9-11-22(26)24(28)17-19,16-14-20-10-12-23(27)25(29)18-20)31-32(2,3)21-7-5-4-6-8-21;1-19(24)22(26)15-9-11-17-31(28-3,18-12-10-16-23(27)20(2)25)29-30(4,5)21-13-7-6-8-14-21;1-17(21)19(2,22)16-24-13-9-14-27(23-3,15-12-20)25-26(4,5)18-10-7-6-8-11-18;1-18-21(10-9-15,12-13(17)11-16)19-20(2,3)14-7-5-4-6-8-14/h4-8,19-20,22-29H,9-18H2,1-3H3;6-8,13-14,19-20,22-27H,9-12,15-18H2,1-5H3;6-8,10-11,17,20-22H,9,12-16H2,1-5H3;4-8,13,15-17H,9-12H2,1-3H3. The molecule has 4 aromatic carbocycles. The summed E-state index contributed by atoms with van der Waals surface area (Å²) in [5, 5.41) is 141. The molecule has 15 unspecified atom stereocenters. The maximum absolute atomic E-state index is 10.2. The molecule has 23 nitrogen and oxygen atoms in total. The number of hydrogen-bond acceptors (Lipinski definition) is 23. The van der Waals surface area contributed by atoms with Gasteiger partial charge in [-0.3, -0.25) is 0 Å². The predicted octanol–water partition coefficient (Wildman–Crippen LogP) is 8.34. The van der Waals surface area contributed by atoms with Crippen LogP contribution < -0.4 is 20.7 Å². The van der Waals surface area contributed by atoms with E-state index in [1.807, 2.05) is 72.8 Å². The number of rotatable bonds is 48. The zero-order chi connectivity index (χ0) is 84.0. The summed E-state index contributed by atoms with van der Waals surface area (Å²) in [5.74, 6) is 0.754. The van der Waals surface area contributed by atoms with Crippen molar-refractivity contribution in [2.75, 3.05) is 61.5 Å². The minimum Gasteiger partial charge on any atom is -0.432 e. The van der Waals surface area contributed by atoms with E-state index in [2.05, 4.69) is 101 Å². The number of aliphatic hydroxyl groups excluding tert-OH is 13. The Hall–Kier alpha value is -2.30. The van der Waals surface area contributed by atoms with Crippen LogP contribution in [0.25, 0.3) is 0 Å². The van der Waals surface area contributed by atoms with Crippen LogP contribution in [0, 0.1) is 11.8 Å². The zero-order valence-corrected chi connectivity index (χ0v) is 78.7. The zero-order valence-electron chi connectivity index (χ0n) is 70.7. The maximum Gasteiger partial charge on any atom is 0.332 e. The van der Waals surface area contributed by atoms with Crippen molar-refractivity contribution in [1.82, 2.24) is 0 Å². The molecule has 0 saturated heterocycles. The largest absolute Gasteiger partial charge is 0.432 e. The molecule has 31 heteroatoms. The van der Waals surface area contributed by atoms with Gasteiger partial charge in [0.1, 0.15) is 5.60 Å². The molecule has 0 aliphatic heterocycles. The van der Waals surface area contributed by atoms with Crippen molar-refractivity contribution in [3.63, 3.8) is 0 Å². The van der Waals surface area contributed by atoms with Gasteiger partial charge in [0.05, 0.1) is 74.3 Å². The summed E-state index contributed by atoms with van der Waals surface area (Å²) in [6, 6.07) is 46.2. The first kappa shape index (κ1) is 104. The summed E-state index contributed by atoms with van der Waals surface area (Å²) >= 11 is 0. The van der Waals surface area contributed by atoms with E-state index >= 15 is 0 Å². The van der Waals surface area contributed by atoms with Crippen molar-refractivity contribution in [3.8, 4) is 0 Å². The summed E-state index contributed by atoms with van der Waals surface area (Å²) < 4.78 is 56.5. The lowest BCUT2D eigenvalue weighted by Crippen LogP contribution is -2.57. The van der Waals surface area contributed by atoms with Gasteiger partial charge in [0.15, 0.2) is 0 Å². The van der Waals surface area contributed by atoms with Gasteiger partial charge in [-0.15, -0.1) is 0 Å². The van der Waals surface area contributed by atoms with Crippen LogP contribution in [0.2, 0.25) is 101 Å². The Morgan fingerprint density at radius 3 is 1.00 bits per heavy atom. The molecule has 112 heavy (non-hydrogen) atoms. The van der Waals surface area contributed by atoms with E-state index in [4.69, 9.17) is 44.0 Å². The summed E-state index contributed by atoms with van der Waals surface area (Å²) in [6.45, 7) is 23.8. The second-order valence-electron chi connectivity index (χ2n) is 33.4. The average molecular weight is 1720 g/mol. The Morgan fingerprint density at radius 2 is 0.705 bits per heavy atom. The molecular weight excluding hydrogens is 1570 g/mol. The molecule has 644 valence electrons. The van der Waals surface area contributed by atoms with E-state index in [0.717, 1.165) is 80.7 Å². The lowest BCUT2D eigenvalue weighted by atomic mass is 9.84. The molecule has 15 atom stereocenters. The third-order valence-electron chi connectivity index (χ3n) is 22.4. The molecule has 2 fully saturated rings. The number of benzene rings is 4. The van der Waals surface area contributed by atoms with Crippen LogP contribution in [0.1, 0.15) is 124 Å². The van der Waals surface area contributed by atoms with Gasteiger partial charge < -0.3 is 110 Å². The quantitative estimate of drug-likeness (QED) is 0.0146. The molecule has 0 aromatic heterocycles. The van der Waals surface area contributed by atoms with Gasteiger partial charge in [-0.25, -0.2) is 0 Å². The summed E-state index contributed by atoms with van der Waals surface area (Å²) in [5.41, 5.74) is -1.26. The smallest absolute Gasteiger partial charge is 0.332 e. The van der Waals surface area contributed by atoms with E-state index in [9.17, 15) is 66.4 Å². The second-order valence-corrected chi connectivity index (χ2v) is 63.8. The van der Waals surface area contributed by atoms with Crippen LogP contribution in [-0.4, -0.2) is 267 Å². The first-order valence-corrected chi connectivity index (χ1v) is 61.4. The van der Waals surface area contributed by atoms with Crippen LogP contribution in [0.5, 0.6) is 0 Å². The molecule has 0 amide bonds. The molecule has 2 aliphatic rings. The lowest BCUT2D eigenvalue weighted by Gasteiger charge is -2.40. The third kappa shape index (κ3) is 36.7. The van der Waals surface area contributed by atoms with Gasteiger partial charge >= 0.3 is 34.2 Å². The van der Waals surface area contributed by atoms with Crippen molar-refractivity contribution in [3.05, 3.63) is 121 Å². The maximum atomic E-state index is 10.2. The Balaban J connectivity index is 0.000000392. The van der Waals surface area contributed by atoms with Gasteiger partial charge in [-0.05, 0) is 214 Å². The average Bonchev–Trinajstić information content (AvgIpc) is 0.821. The molecular formula is C81H150O23Si8. The van der Waals surface area contributed by atoms with Crippen molar-refractivity contribution in [2.45, 2.75) is 291 Å². The number of unbranched alkanes of at least 4 members (excludes halogenated alkanes) is 2. The minimum atomic E-state index is -2.77. The number of aliphatic hydroxyl groups is 14. The van der Waals surface area contributed by atoms with E-state index in [-0.39, 0.29) is 32.5 Å². The SMILES string of the molecule is CO[Si](CCC1CCC(O)C(O)C1)(CCC1CCC(O)C(O)C1)O[Si](C)(C)c1ccccc1.CO[Si](CCCCC(O)C(C)O)(CCCCC(O)C(C)O)O[Si](C)(C)c1ccccc1.CO[Si](CCO)(CC(O)CO)O[Si](C)(C)c1ccccc1.CO[Si](CCO)(CCCOCC(C)(O)C(C)O)O[Si](C)(C)c1ccccc1. The van der Waals surface area contributed by atoms with Crippen molar-refractivity contribution in [2.24, 2.45) is 11.8 Å². The highest BCUT2D eigenvalue weighted by Gasteiger charge is 2.48. The highest BCUT2D eigenvalue weighted by atomic mass is 28.5. The van der Waals surface area contributed by atoms with Crippen molar-refractivity contribution >= 4 is 88.3 Å². The van der Waals surface area contributed by atoms with Crippen LogP contribution in [-0.2, 0) is 38.9 Å². The number of hydrogen-bond donors (Lipinski definition) is 14. The fraction of sp³-hybridized carbons (Fsp3) is 0.704. The monoisotopic (exact) mass is 1710 g/mol. The van der Waals surface area contributed by atoms with Crippen LogP contribution in [0.3, 0.4) is 0 Å². The normalized spacial score (nSPS) is 22.2. The van der Waals surface area contributed by atoms with Gasteiger partial charge in [-0.1, -0.05) is 147 Å². The first-order chi connectivity index (χ1) is 52.6. The molecule has 14 N–H and O–H groups in total. The molecule has 2 aliphatic carbocycles. The molecule has 2 saturated carbocycles. The van der Waals surface area contributed by atoms with Gasteiger partial charge in [0, 0.05) is 66.4 Å². The Kier molecular flexibility index (Phi) is 47.6.